The summed E-state index contributed by atoms with van der Waals surface area (Å²) in [6.07, 6.45) is 0.303. The Bertz CT molecular complexity index is 1160. The minimum Gasteiger partial charge on any atom is -0.481 e. The highest BCUT2D eigenvalue weighted by Crippen LogP contribution is 2.09. The van der Waals surface area contributed by atoms with Gasteiger partial charge in [-0.05, 0) is 48.4 Å². The average Bonchev–Trinajstić information content (AvgIpc) is 2.95. The molecule has 3 N–H and O–H groups in total. The Hall–Kier alpha value is -4.16. The SMILES string of the molecule is O=C(CC[C@@H](COCOCc1ccccc1)NC(=O)c1ccc(C#CCOc2ccccc2)cc1)NO. The number of carbonyl (C=O) groups is 2. The first-order valence-electron chi connectivity index (χ1n) is 11.8. The van der Waals surface area contributed by atoms with Crippen LogP contribution in [0.2, 0.25) is 0 Å². The first-order chi connectivity index (χ1) is 18.1. The van der Waals surface area contributed by atoms with Gasteiger partial charge >= 0.3 is 0 Å². The molecule has 0 heterocycles. The van der Waals surface area contributed by atoms with Crippen LogP contribution < -0.4 is 15.5 Å². The van der Waals surface area contributed by atoms with Crippen LogP contribution in [-0.4, -0.2) is 43.1 Å². The molecule has 3 aromatic rings. The molecule has 8 heteroatoms. The molecule has 37 heavy (non-hydrogen) atoms. The van der Waals surface area contributed by atoms with Gasteiger partial charge in [-0.1, -0.05) is 60.4 Å². The van der Waals surface area contributed by atoms with Crippen molar-refractivity contribution in [3.8, 4) is 17.6 Å². The number of ether oxygens (including phenoxy) is 3. The summed E-state index contributed by atoms with van der Waals surface area (Å²) in [4.78, 5) is 24.2. The second kappa shape index (κ2) is 15.8. The zero-order chi connectivity index (χ0) is 26.1. The van der Waals surface area contributed by atoms with Crippen LogP contribution >= 0.6 is 0 Å². The number of nitrogens with one attached hydrogen (secondary N) is 2. The van der Waals surface area contributed by atoms with Crippen molar-refractivity contribution in [3.05, 3.63) is 102 Å². The van der Waals surface area contributed by atoms with Gasteiger partial charge in [0, 0.05) is 17.5 Å². The van der Waals surface area contributed by atoms with Crippen LogP contribution in [0, 0.1) is 11.8 Å². The van der Waals surface area contributed by atoms with Crippen molar-refractivity contribution < 1.29 is 29.0 Å². The predicted octanol–water partition coefficient (Wildman–Crippen LogP) is 3.69. The summed E-state index contributed by atoms with van der Waals surface area (Å²) in [5, 5.41) is 11.6. The van der Waals surface area contributed by atoms with Crippen molar-refractivity contribution in [1.82, 2.24) is 10.8 Å². The Morgan fingerprint density at radius 2 is 1.59 bits per heavy atom. The summed E-state index contributed by atoms with van der Waals surface area (Å²) in [6.45, 7) is 0.835. The normalized spacial score (nSPS) is 11.1. The lowest BCUT2D eigenvalue weighted by atomic mass is 10.1. The largest absolute Gasteiger partial charge is 0.481 e. The number of carbonyl (C=O) groups excluding carboxylic acids is 2. The summed E-state index contributed by atoms with van der Waals surface area (Å²) in [7, 11) is 0. The van der Waals surface area contributed by atoms with Gasteiger partial charge in [-0.25, -0.2) is 5.48 Å². The van der Waals surface area contributed by atoms with Gasteiger partial charge in [0.05, 0.1) is 19.3 Å². The lowest BCUT2D eigenvalue weighted by Crippen LogP contribution is -2.39. The van der Waals surface area contributed by atoms with E-state index in [1.807, 2.05) is 60.7 Å². The molecule has 0 fully saturated rings. The molecule has 1 atom stereocenters. The number of benzene rings is 3. The van der Waals surface area contributed by atoms with E-state index in [0.717, 1.165) is 16.9 Å². The van der Waals surface area contributed by atoms with Gasteiger partial charge in [-0.3, -0.25) is 14.8 Å². The van der Waals surface area contributed by atoms with Gasteiger partial charge in [-0.15, -0.1) is 0 Å². The molecule has 0 bridgehead atoms. The van der Waals surface area contributed by atoms with E-state index < -0.39 is 11.9 Å². The summed E-state index contributed by atoms with van der Waals surface area (Å²) >= 11 is 0. The van der Waals surface area contributed by atoms with E-state index in [9.17, 15) is 9.59 Å². The van der Waals surface area contributed by atoms with Crippen LogP contribution in [0.25, 0.3) is 0 Å². The highest BCUT2D eigenvalue weighted by Gasteiger charge is 2.16. The summed E-state index contributed by atoms with van der Waals surface area (Å²) < 4.78 is 16.6. The van der Waals surface area contributed by atoms with Crippen molar-refractivity contribution in [2.45, 2.75) is 25.5 Å². The van der Waals surface area contributed by atoms with Crippen LogP contribution in [0.3, 0.4) is 0 Å². The van der Waals surface area contributed by atoms with E-state index in [1.165, 1.54) is 0 Å². The molecular weight excluding hydrogens is 472 g/mol. The Balaban J connectivity index is 1.47. The molecule has 0 saturated heterocycles. The molecule has 0 spiro atoms. The fourth-order valence-corrected chi connectivity index (χ4v) is 3.29. The minimum absolute atomic E-state index is 0.0231. The molecule has 0 aliphatic rings. The number of para-hydroxylation sites is 1. The van der Waals surface area contributed by atoms with E-state index in [4.69, 9.17) is 19.4 Å². The number of amides is 2. The third-order valence-corrected chi connectivity index (χ3v) is 5.21. The second-order valence-electron chi connectivity index (χ2n) is 8.05. The Morgan fingerprint density at radius 1 is 0.892 bits per heavy atom. The van der Waals surface area contributed by atoms with Crippen LogP contribution in [-0.2, 0) is 20.9 Å². The fourth-order valence-electron chi connectivity index (χ4n) is 3.29. The minimum atomic E-state index is -0.543. The molecular formula is C29H30N2O6. The van der Waals surface area contributed by atoms with Gasteiger partial charge in [-0.2, -0.15) is 0 Å². The van der Waals surface area contributed by atoms with E-state index in [2.05, 4.69) is 17.2 Å². The maximum atomic E-state index is 12.8. The zero-order valence-corrected chi connectivity index (χ0v) is 20.4. The quantitative estimate of drug-likeness (QED) is 0.108. The maximum Gasteiger partial charge on any atom is 0.251 e. The molecule has 0 unspecified atom stereocenters. The van der Waals surface area contributed by atoms with Crippen molar-refractivity contribution in [3.63, 3.8) is 0 Å². The van der Waals surface area contributed by atoms with Crippen molar-refractivity contribution in [1.29, 1.82) is 0 Å². The highest BCUT2D eigenvalue weighted by molar-refractivity contribution is 5.94. The smallest absolute Gasteiger partial charge is 0.251 e. The third-order valence-electron chi connectivity index (χ3n) is 5.21. The fraction of sp³-hybridized carbons (Fsp3) is 0.241. The van der Waals surface area contributed by atoms with E-state index in [-0.39, 0.29) is 38.8 Å². The Morgan fingerprint density at radius 3 is 2.30 bits per heavy atom. The average molecular weight is 503 g/mol. The molecule has 8 nitrogen and oxygen atoms in total. The van der Waals surface area contributed by atoms with Gasteiger partial charge in [0.1, 0.15) is 19.1 Å². The van der Waals surface area contributed by atoms with Gasteiger partial charge in [0.15, 0.2) is 0 Å². The molecule has 0 saturated carbocycles. The zero-order valence-electron chi connectivity index (χ0n) is 20.4. The lowest BCUT2D eigenvalue weighted by Gasteiger charge is -2.19. The molecule has 0 aromatic heterocycles. The standard InChI is InChI=1S/C29H30N2O6/c32-28(31-34)18-17-26(21-36-22-35-20-24-8-3-1-4-9-24)30-29(33)25-15-13-23(14-16-25)10-7-19-37-27-11-5-2-6-12-27/h1-6,8-9,11-16,26,34H,17-22H2,(H,30,33)(H,31,32)/t26-/m0/s1. The molecule has 3 rings (SSSR count). The predicted molar refractivity (Wildman–Crippen MR) is 138 cm³/mol. The van der Waals surface area contributed by atoms with E-state index in [0.29, 0.717) is 12.2 Å². The molecule has 0 aliphatic heterocycles. The first-order valence-corrected chi connectivity index (χ1v) is 11.8. The number of hydrogen-bond donors (Lipinski definition) is 3. The molecule has 0 aliphatic carbocycles. The van der Waals surface area contributed by atoms with Crippen LogP contribution in [0.4, 0.5) is 0 Å². The molecule has 0 radical (unpaired) electrons. The summed E-state index contributed by atoms with van der Waals surface area (Å²) in [5.41, 5.74) is 3.82. The van der Waals surface area contributed by atoms with Crippen molar-refractivity contribution in [2.24, 2.45) is 0 Å². The Labute approximate surface area is 216 Å². The van der Waals surface area contributed by atoms with E-state index >= 15 is 0 Å². The van der Waals surface area contributed by atoms with Crippen LogP contribution in [0.5, 0.6) is 5.75 Å². The molecule has 192 valence electrons. The maximum absolute atomic E-state index is 12.8. The van der Waals surface area contributed by atoms with Gasteiger partial charge in [0.25, 0.3) is 5.91 Å². The van der Waals surface area contributed by atoms with Gasteiger partial charge in [0.2, 0.25) is 5.91 Å². The molecule has 2 amide bonds. The Kier molecular flexibility index (Phi) is 11.7. The summed E-state index contributed by atoms with van der Waals surface area (Å²) in [6, 6.07) is 25.5. The molecule has 3 aromatic carbocycles. The van der Waals surface area contributed by atoms with Crippen LogP contribution in [0.1, 0.15) is 34.3 Å². The van der Waals surface area contributed by atoms with Gasteiger partial charge < -0.3 is 19.5 Å². The summed E-state index contributed by atoms with van der Waals surface area (Å²) in [5.74, 6) is 5.85. The number of hydroxylamine groups is 1. The topological polar surface area (TPSA) is 106 Å². The number of hydrogen-bond acceptors (Lipinski definition) is 6. The third kappa shape index (κ3) is 10.5. The van der Waals surface area contributed by atoms with Crippen LogP contribution in [0.15, 0.2) is 84.9 Å². The monoisotopic (exact) mass is 502 g/mol. The van der Waals surface area contributed by atoms with Crippen molar-refractivity contribution in [2.75, 3.05) is 20.0 Å². The van der Waals surface area contributed by atoms with E-state index in [1.54, 1.807) is 29.7 Å². The highest BCUT2D eigenvalue weighted by atomic mass is 16.7. The number of rotatable bonds is 13. The van der Waals surface area contributed by atoms with Crippen molar-refractivity contribution >= 4 is 11.8 Å². The first kappa shape index (κ1) is 27.4. The second-order valence-corrected chi connectivity index (χ2v) is 8.05. The lowest BCUT2D eigenvalue weighted by molar-refractivity contribution is -0.129.